The second kappa shape index (κ2) is 10.5. The highest BCUT2D eigenvalue weighted by atomic mass is 16.1. The highest BCUT2D eigenvalue weighted by Gasteiger charge is 2.24. The number of carbonyl (C=O) groups is 1. The molecule has 0 bridgehead atoms. The number of hydrogen-bond acceptors (Lipinski definition) is 3. The molecule has 0 aliphatic carbocycles. The van der Waals surface area contributed by atoms with E-state index < -0.39 is 0 Å². The number of benzene rings is 2. The fourth-order valence-electron chi connectivity index (χ4n) is 4.49. The molecule has 2 heterocycles. The van der Waals surface area contributed by atoms with Gasteiger partial charge >= 0.3 is 0 Å². The maximum Gasteiger partial charge on any atom is 0.271 e. The van der Waals surface area contributed by atoms with Crippen LogP contribution in [-0.2, 0) is 13.0 Å². The molecule has 0 spiro atoms. The zero-order valence-corrected chi connectivity index (χ0v) is 19.3. The lowest BCUT2D eigenvalue weighted by Crippen LogP contribution is -2.30. The van der Waals surface area contributed by atoms with E-state index in [1.807, 2.05) is 6.07 Å². The molecule has 1 aliphatic heterocycles. The first-order valence-electron chi connectivity index (χ1n) is 11.9. The van der Waals surface area contributed by atoms with Gasteiger partial charge in [0.2, 0.25) is 0 Å². The van der Waals surface area contributed by atoms with Crippen LogP contribution in [0.15, 0.2) is 54.6 Å². The summed E-state index contributed by atoms with van der Waals surface area (Å²) in [5.74, 6) is 0.880. The lowest BCUT2D eigenvalue weighted by atomic mass is 10.1. The number of amides is 1. The van der Waals surface area contributed by atoms with Gasteiger partial charge in [0, 0.05) is 37.4 Å². The molecule has 2 aromatic carbocycles. The fraction of sp³-hybridized carbons (Fsp3) is 0.407. The van der Waals surface area contributed by atoms with Gasteiger partial charge in [0.05, 0.1) is 5.69 Å². The Balaban J connectivity index is 1.44. The molecule has 0 radical (unpaired) electrons. The second-order valence-electron chi connectivity index (χ2n) is 8.58. The maximum absolute atomic E-state index is 13.1. The molecule has 0 fully saturated rings. The van der Waals surface area contributed by atoms with Crippen molar-refractivity contribution in [3.8, 4) is 11.4 Å². The van der Waals surface area contributed by atoms with Crippen LogP contribution in [0.5, 0.6) is 0 Å². The van der Waals surface area contributed by atoms with Crippen molar-refractivity contribution in [2.75, 3.05) is 24.5 Å². The van der Waals surface area contributed by atoms with Crippen molar-refractivity contribution in [1.29, 1.82) is 0 Å². The molecule has 0 saturated carbocycles. The number of rotatable bonds is 8. The molecule has 0 unspecified atom stereocenters. The average molecular weight is 431 g/mol. The molecule has 1 amide bonds. The van der Waals surface area contributed by atoms with Crippen molar-refractivity contribution >= 4 is 11.6 Å². The first-order chi connectivity index (χ1) is 15.7. The predicted molar refractivity (Wildman–Crippen MR) is 131 cm³/mol. The largest absolute Gasteiger partial charge is 0.372 e. The minimum Gasteiger partial charge on any atom is -0.372 e. The first-order valence-corrected chi connectivity index (χ1v) is 11.9. The Morgan fingerprint density at radius 1 is 1.06 bits per heavy atom. The Kier molecular flexibility index (Phi) is 7.25. The van der Waals surface area contributed by atoms with E-state index in [1.165, 1.54) is 17.7 Å². The number of nitrogens with one attached hydrogen (secondary N) is 1. The molecular formula is C27H34N4O. The fourth-order valence-corrected chi connectivity index (χ4v) is 4.49. The van der Waals surface area contributed by atoms with Crippen LogP contribution in [0, 0.1) is 6.92 Å². The van der Waals surface area contributed by atoms with E-state index in [2.05, 4.69) is 77.2 Å². The van der Waals surface area contributed by atoms with E-state index in [0.29, 0.717) is 12.2 Å². The summed E-state index contributed by atoms with van der Waals surface area (Å²) in [6, 6.07) is 18.9. The summed E-state index contributed by atoms with van der Waals surface area (Å²) in [5.41, 5.74) is 5.24. The number of imidazole rings is 1. The van der Waals surface area contributed by atoms with Gasteiger partial charge in [-0.1, -0.05) is 54.4 Å². The minimum atomic E-state index is -0.0447. The lowest BCUT2D eigenvalue weighted by molar-refractivity contribution is 0.0947. The summed E-state index contributed by atoms with van der Waals surface area (Å²) < 4.78 is 2.28. The zero-order valence-electron chi connectivity index (χ0n) is 19.3. The number of nitrogens with zero attached hydrogens (tertiary/aromatic N) is 3. The Hall–Kier alpha value is -3.08. The van der Waals surface area contributed by atoms with E-state index in [-0.39, 0.29) is 5.91 Å². The van der Waals surface area contributed by atoms with Crippen molar-refractivity contribution in [3.63, 3.8) is 0 Å². The van der Waals surface area contributed by atoms with E-state index >= 15 is 0 Å². The van der Waals surface area contributed by atoms with Crippen LogP contribution in [0.2, 0.25) is 0 Å². The number of fused-ring (bicyclic) bond motifs is 1. The van der Waals surface area contributed by atoms with Gasteiger partial charge in [-0.05, 0) is 51.7 Å². The number of aromatic nitrogens is 2. The highest BCUT2D eigenvalue weighted by Crippen LogP contribution is 2.27. The van der Waals surface area contributed by atoms with E-state index in [0.717, 1.165) is 62.4 Å². The number of anilines is 1. The third-order valence-electron chi connectivity index (χ3n) is 6.29. The predicted octanol–water partition coefficient (Wildman–Crippen LogP) is 5.23. The molecule has 32 heavy (non-hydrogen) atoms. The molecule has 1 N–H and O–H groups in total. The Labute approximate surface area is 191 Å². The van der Waals surface area contributed by atoms with Crippen LogP contribution < -0.4 is 10.2 Å². The number of aryl methyl sites for hydroxylation is 1. The van der Waals surface area contributed by atoms with Gasteiger partial charge < -0.3 is 14.8 Å². The molecule has 1 aliphatic rings. The minimum absolute atomic E-state index is 0.0447. The number of carbonyl (C=O) groups excluding carboxylic acids is 1. The Morgan fingerprint density at radius 3 is 2.59 bits per heavy atom. The van der Waals surface area contributed by atoms with E-state index in [9.17, 15) is 4.79 Å². The second-order valence-corrected chi connectivity index (χ2v) is 8.58. The van der Waals surface area contributed by atoms with E-state index in [1.54, 1.807) is 0 Å². The molecule has 5 heteroatoms. The van der Waals surface area contributed by atoms with Crippen LogP contribution in [0.3, 0.4) is 0 Å². The molecule has 3 aromatic rings. The molecule has 4 rings (SSSR count). The topological polar surface area (TPSA) is 50.2 Å². The van der Waals surface area contributed by atoms with Gasteiger partial charge in [0.25, 0.3) is 5.91 Å². The molecular weight excluding hydrogens is 396 g/mol. The summed E-state index contributed by atoms with van der Waals surface area (Å²) in [4.78, 5) is 20.3. The molecule has 5 nitrogen and oxygen atoms in total. The van der Waals surface area contributed by atoms with Crippen molar-refractivity contribution in [2.45, 2.75) is 52.5 Å². The summed E-state index contributed by atoms with van der Waals surface area (Å²) in [6.07, 6.45) is 5.26. The van der Waals surface area contributed by atoms with Crippen molar-refractivity contribution < 1.29 is 4.79 Å². The van der Waals surface area contributed by atoms with Crippen LogP contribution in [0.25, 0.3) is 11.4 Å². The molecule has 0 saturated heterocycles. The van der Waals surface area contributed by atoms with Gasteiger partial charge in [0.1, 0.15) is 11.5 Å². The summed E-state index contributed by atoms with van der Waals surface area (Å²) in [7, 11) is 0. The molecule has 168 valence electrons. The third kappa shape index (κ3) is 5.04. The van der Waals surface area contributed by atoms with Gasteiger partial charge in [-0.15, -0.1) is 0 Å². The SMILES string of the molecule is CCN(CCCNC(=O)c1nc(-c2ccc(C)cc2)n2c1CCCCC2)c1ccccc1. The normalized spacial score (nSPS) is 13.3. The van der Waals surface area contributed by atoms with Crippen molar-refractivity contribution in [2.24, 2.45) is 0 Å². The van der Waals surface area contributed by atoms with Gasteiger partial charge in [-0.25, -0.2) is 4.98 Å². The lowest BCUT2D eigenvalue weighted by Gasteiger charge is -2.23. The van der Waals surface area contributed by atoms with Crippen molar-refractivity contribution in [1.82, 2.24) is 14.9 Å². The van der Waals surface area contributed by atoms with Gasteiger partial charge in [-0.3, -0.25) is 4.79 Å². The van der Waals surface area contributed by atoms with Gasteiger partial charge in [0.15, 0.2) is 0 Å². The van der Waals surface area contributed by atoms with Crippen LogP contribution in [0.4, 0.5) is 5.69 Å². The highest BCUT2D eigenvalue weighted by molar-refractivity contribution is 5.94. The zero-order chi connectivity index (χ0) is 22.3. The third-order valence-corrected chi connectivity index (χ3v) is 6.29. The smallest absolute Gasteiger partial charge is 0.271 e. The Morgan fingerprint density at radius 2 is 1.84 bits per heavy atom. The Bertz CT molecular complexity index is 1020. The van der Waals surface area contributed by atoms with E-state index in [4.69, 9.17) is 4.98 Å². The van der Waals surface area contributed by atoms with Crippen LogP contribution >= 0.6 is 0 Å². The molecule has 1 aromatic heterocycles. The average Bonchev–Trinajstić information content (AvgIpc) is 3.01. The first kappa shape index (κ1) is 22.1. The quantitative estimate of drug-likeness (QED) is 0.498. The summed E-state index contributed by atoms with van der Waals surface area (Å²) in [6.45, 7) is 7.70. The van der Waals surface area contributed by atoms with Crippen LogP contribution in [0.1, 0.15) is 54.4 Å². The summed E-state index contributed by atoms with van der Waals surface area (Å²) in [5, 5.41) is 3.13. The van der Waals surface area contributed by atoms with Crippen molar-refractivity contribution in [3.05, 3.63) is 71.5 Å². The number of para-hydroxylation sites is 1. The summed E-state index contributed by atoms with van der Waals surface area (Å²) >= 11 is 0. The monoisotopic (exact) mass is 430 g/mol. The van der Waals surface area contributed by atoms with Crippen LogP contribution in [-0.4, -0.2) is 35.1 Å². The molecule has 0 atom stereocenters. The maximum atomic E-state index is 13.1. The standard InChI is InChI=1S/C27H34N4O/c1-3-30(23-11-6-4-7-12-23)19-10-18-28-27(32)25-24-13-8-5-9-20-31(24)26(29-25)22-16-14-21(2)15-17-22/h4,6-7,11-12,14-17H,3,5,8-10,13,18-20H2,1-2H3,(H,28,32). The number of hydrogen-bond donors (Lipinski definition) is 1. The van der Waals surface area contributed by atoms with Gasteiger partial charge in [-0.2, -0.15) is 0 Å².